The summed E-state index contributed by atoms with van der Waals surface area (Å²) < 4.78 is 15.5. The van der Waals surface area contributed by atoms with Crippen LogP contribution in [0.1, 0.15) is 0 Å². The summed E-state index contributed by atoms with van der Waals surface area (Å²) >= 11 is 0. The zero-order valence-corrected chi connectivity index (χ0v) is 14.6. The molecule has 136 valence electrons. The van der Waals surface area contributed by atoms with Gasteiger partial charge in [0.1, 0.15) is 26.9 Å². The van der Waals surface area contributed by atoms with E-state index in [2.05, 4.69) is 15.0 Å². The van der Waals surface area contributed by atoms with Crippen LogP contribution in [0.3, 0.4) is 0 Å². The van der Waals surface area contributed by atoms with Gasteiger partial charge < -0.3 is 19.3 Å². The van der Waals surface area contributed by atoms with Gasteiger partial charge in [0.25, 0.3) is 0 Å². The van der Waals surface area contributed by atoms with E-state index in [0.29, 0.717) is 17.7 Å². The smallest absolute Gasteiger partial charge is 0.234 e. The lowest BCUT2D eigenvalue weighted by molar-refractivity contribution is 0.138. The van der Waals surface area contributed by atoms with Gasteiger partial charge in [-0.3, -0.25) is 9.80 Å². The van der Waals surface area contributed by atoms with Crippen LogP contribution < -0.4 is 9.80 Å². The fraction of sp³-hybridized carbons (Fsp3) is 0.438. The topological polar surface area (TPSA) is 93.1 Å². The van der Waals surface area contributed by atoms with E-state index in [9.17, 15) is 5.11 Å². The van der Waals surface area contributed by atoms with E-state index in [1.807, 2.05) is 30.3 Å². The highest BCUT2D eigenvalue weighted by molar-refractivity contribution is 5.58. The molecule has 2 aromatic rings. The Labute approximate surface area is 146 Å². The van der Waals surface area contributed by atoms with E-state index in [4.69, 9.17) is 14.2 Å². The molecular weight excluding hydrogens is 326 g/mol. The highest BCUT2D eigenvalue weighted by Crippen LogP contribution is 2.21. The van der Waals surface area contributed by atoms with Crippen LogP contribution in [0.4, 0.5) is 11.9 Å². The minimum atomic E-state index is -0.292. The number of benzene rings is 1. The molecule has 1 N–H and O–H groups in total. The van der Waals surface area contributed by atoms with Crippen LogP contribution >= 0.6 is 0 Å². The van der Waals surface area contributed by atoms with Crippen molar-refractivity contribution in [3.63, 3.8) is 0 Å². The molecule has 9 heteroatoms. The van der Waals surface area contributed by atoms with E-state index in [0.717, 1.165) is 5.56 Å². The molecule has 2 rings (SSSR count). The minimum Gasteiger partial charge on any atom is -0.376 e. The molecular formula is C16H23N5O4. The Morgan fingerprint density at radius 3 is 1.84 bits per heavy atom. The highest BCUT2D eigenvalue weighted by Gasteiger charge is 2.17. The molecule has 0 bridgehead atoms. The molecule has 0 unspecified atom stereocenters. The van der Waals surface area contributed by atoms with Crippen molar-refractivity contribution in [2.45, 2.75) is 0 Å². The Morgan fingerprint density at radius 2 is 1.32 bits per heavy atom. The largest absolute Gasteiger partial charge is 0.376 e. The summed E-state index contributed by atoms with van der Waals surface area (Å²) in [5.41, 5.74) is 0.831. The second kappa shape index (κ2) is 9.84. The number of nitrogens with zero attached hydrogens (tertiary/aromatic N) is 5. The number of aromatic nitrogens is 3. The Balaban J connectivity index is 2.50. The number of rotatable bonds is 10. The SMILES string of the molecule is COCN(CO)c1nc(-c2ccccc2)nc(N(COC)COC)n1. The Hall–Kier alpha value is -2.33. The van der Waals surface area contributed by atoms with Crippen molar-refractivity contribution in [1.29, 1.82) is 0 Å². The summed E-state index contributed by atoms with van der Waals surface area (Å²) in [7, 11) is 4.69. The first-order valence-corrected chi connectivity index (χ1v) is 7.62. The molecule has 25 heavy (non-hydrogen) atoms. The Kier molecular flexibility index (Phi) is 7.48. The van der Waals surface area contributed by atoms with E-state index < -0.39 is 0 Å². The monoisotopic (exact) mass is 349 g/mol. The van der Waals surface area contributed by atoms with Crippen LogP contribution in [0.15, 0.2) is 30.3 Å². The van der Waals surface area contributed by atoms with Gasteiger partial charge in [0.2, 0.25) is 11.9 Å². The fourth-order valence-corrected chi connectivity index (χ4v) is 2.14. The Bertz CT molecular complexity index is 638. The lowest BCUT2D eigenvalue weighted by Gasteiger charge is -2.24. The predicted molar refractivity (Wildman–Crippen MR) is 92.9 cm³/mol. The summed E-state index contributed by atoms with van der Waals surface area (Å²) in [5.74, 6) is 1.15. The third kappa shape index (κ3) is 5.07. The summed E-state index contributed by atoms with van der Waals surface area (Å²) in [6.45, 7) is 0.340. The molecule has 0 aliphatic rings. The van der Waals surface area contributed by atoms with Crippen LogP contribution in [0.25, 0.3) is 11.4 Å². The lowest BCUT2D eigenvalue weighted by Crippen LogP contribution is -2.32. The van der Waals surface area contributed by atoms with Gasteiger partial charge in [0.15, 0.2) is 5.82 Å². The molecule has 1 aromatic heterocycles. The van der Waals surface area contributed by atoms with Crippen molar-refractivity contribution in [1.82, 2.24) is 15.0 Å². The number of ether oxygens (including phenoxy) is 3. The van der Waals surface area contributed by atoms with Gasteiger partial charge in [0, 0.05) is 26.9 Å². The molecule has 1 heterocycles. The van der Waals surface area contributed by atoms with Crippen LogP contribution in [0, 0.1) is 0 Å². The van der Waals surface area contributed by atoms with E-state index >= 15 is 0 Å². The maximum atomic E-state index is 9.59. The maximum Gasteiger partial charge on any atom is 0.234 e. The number of hydrogen-bond acceptors (Lipinski definition) is 9. The standard InChI is InChI=1S/C16H23N5O4/c1-23-10-20(9-22)15-17-14(13-7-5-4-6-8-13)18-16(19-15)21(11-24-2)12-25-3/h4-8,22H,9-12H2,1-3H3. The van der Waals surface area contributed by atoms with Gasteiger partial charge >= 0.3 is 0 Å². The predicted octanol–water partition coefficient (Wildman–Crippen LogP) is 0.913. The minimum absolute atomic E-state index is 0.142. The molecule has 0 atom stereocenters. The number of anilines is 2. The Morgan fingerprint density at radius 1 is 0.800 bits per heavy atom. The molecule has 1 aromatic carbocycles. The fourth-order valence-electron chi connectivity index (χ4n) is 2.14. The van der Waals surface area contributed by atoms with Crippen molar-refractivity contribution in [3.05, 3.63) is 30.3 Å². The second-order valence-electron chi connectivity index (χ2n) is 5.10. The summed E-state index contributed by atoms with van der Waals surface area (Å²) in [4.78, 5) is 16.6. The van der Waals surface area contributed by atoms with Gasteiger partial charge in [-0.2, -0.15) is 15.0 Å². The molecule has 0 aliphatic heterocycles. The normalized spacial score (nSPS) is 10.7. The van der Waals surface area contributed by atoms with E-state index in [1.54, 1.807) is 19.1 Å². The molecule has 0 aliphatic carbocycles. The van der Waals surface area contributed by atoms with Crippen molar-refractivity contribution < 1.29 is 19.3 Å². The molecule has 0 fully saturated rings. The first kappa shape index (κ1) is 19.0. The molecule has 0 saturated heterocycles. The average molecular weight is 349 g/mol. The molecule has 0 radical (unpaired) electrons. The molecule has 0 spiro atoms. The summed E-state index contributed by atoms with van der Waals surface area (Å²) in [6, 6.07) is 9.53. The number of aliphatic hydroxyl groups is 1. The summed E-state index contributed by atoms with van der Waals surface area (Å²) in [6.07, 6.45) is 0. The van der Waals surface area contributed by atoms with Crippen molar-refractivity contribution in [3.8, 4) is 11.4 Å². The van der Waals surface area contributed by atoms with Crippen LogP contribution in [0.5, 0.6) is 0 Å². The average Bonchev–Trinajstić information content (AvgIpc) is 2.66. The van der Waals surface area contributed by atoms with Gasteiger partial charge in [-0.25, -0.2) is 0 Å². The van der Waals surface area contributed by atoms with Gasteiger partial charge in [-0.1, -0.05) is 30.3 Å². The number of hydrogen-bond donors (Lipinski definition) is 1. The first-order valence-electron chi connectivity index (χ1n) is 7.62. The van der Waals surface area contributed by atoms with Crippen LogP contribution in [-0.4, -0.2) is 68.3 Å². The van der Waals surface area contributed by atoms with Crippen LogP contribution in [-0.2, 0) is 14.2 Å². The van der Waals surface area contributed by atoms with Crippen LogP contribution in [0.2, 0.25) is 0 Å². The van der Waals surface area contributed by atoms with Gasteiger partial charge in [-0.15, -0.1) is 0 Å². The van der Waals surface area contributed by atoms with Crippen molar-refractivity contribution >= 4 is 11.9 Å². The van der Waals surface area contributed by atoms with Gasteiger partial charge in [0.05, 0.1) is 0 Å². The third-order valence-electron chi connectivity index (χ3n) is 3.23. The highest BCUT2D eigenvalue weighted by atomic mass is 16.5. The van der Waals surface area contributed by atoms with E-state index in [1.165, 1.54) is 12.0 Å². The first-order chi connectivity index (χ1) is 12.2. The van der Waals surface area contributed by atoms with Crippen molar-refractivity contribution in [2.75, 3.05) is 58.1 Å². The number of methoxy groups -OCH3 is 3. The molecule has 0 amide bonds. The zero-order valence-electron chi connectivity index (χ0n) is 14.6. The van der Waals surface area contributed by atoms with Crippen molar-refractivity contribution in [2.24, 2.45) is 0 Å². The lowest BCUT2D eigenvalue weighted by atomic mass is 10.2. The van der Waals surface area contributed by atoms with Gasteiger partial charge in [-0.05, 0) is 0 Å². The second-order valence-corrected chi connectivity index (χ2v) is 5.10. The maximum absolute atomic E-state index is 9.59. The van der Waals surface area contributed by atoms with E-state index in [-0.39, 0.29) is 26.9 Å². The third-order valence-corrected chi connectivity index (χ3v) is 3.23. The summed E-state index contributed by atoms with van der Waals surface area (Å²) in [5, 5.41) is 9.59. The quantitative estimate of drug-likeness (QED) is 0.628. The molecule has 9 nitrogen and oxygen atoms in total. The number of aliphatic hydroxyl groups excluding tert-OH is 1. The molecule has 0 saturated carbocycles. The zero-order chi connectivity index (χ0) is 18.1.